The van der Waals surface area contributed by atoms with Crippen LogP contribution in [0, 0.1) is 0 Å². The molecule has 0 saturated carbocycles. The van der Waals surface area contributed by atoms with E-state index in [0.29, 0.717) is 11.7 Å². The maximum absolute atomic E-state index is 10.2. The lowest BCUT2D eigenvalue weighted by Gasteiger charge is -2.26. The molecule has 0 bridgehead atoms. The van der Waals surface area contributed by atoms with Gasteiger partial charge in [-0.25, -0.2) is 0 Å². The fourth-order valence-electron chi connectivity index (χ4n) is 1.76. The summed E-state index contributed by atoms with van der Waals surface area (Å²) >= 11 is 0. The van der Waals surface area contributed by atoms with Crippen molar-refractivity contribution in [2.24, 2.45) is 0 Å². The Balaban J connectivity index is 3.27. The summed E-state index contributed by atoms with van der Waals surface area (Å²) in [5, 5.41) is 10.2. The number of phenols is 1. The molecule has 1 nitrogen and oxygen atoms in total. The summed E-state index contributed by atoms with van der Waals surface area (Å²) in [6.07, 6.45) is 1.03. The molecule has 0 fully saturated rings. The number of rotatable bonds is 3. The maximum Gasteiger partial charge on any atom is 0.122 e. The van der Waals surface area contributed by atoms with Crippen LogP contribution in [-0.2, 0) is 5.41 Å². The van der Waals surface area contributed by atoms with Crippen molar-refractivity contribution in [3.63, 3.8) is 0 Å². The molecule has 0 unspecified atom stereocenters. The van der Waals surface area contributed by atoms with Crippen molar-refractivity contribution in [1.82, 2.24) is 0 Å². The monoisotopic (exact) mass is 206 g/mol. The van der Waals surface area contributed by atoms with Gasteiger partial charge in [-0.15, -0.1) is 0 Å². The van der Waals surface area contributed by atoms with Crippen LogP contribution in [0.5, 0.6) is 5.75 Å². The van der Waals surface area contributed by atoms with Gasteiger partial charge in [-0.1, -0.05) is 52.8 Å². The fourth-order valence-corrected chi connectivity index (χ4v) is 1.76. The Morgan fingerprint density at radius 2 is 1.87 bits per heavy atom. The van der Waals surface area contributed by atoms with E-state index >= 15 is 0 Å². The van der Waals surface area contributed by atoms with Crippen molar-refractivity contribution >= 4 is 0 Å². The van der Waals surface area contributed by atoms with Gasteiger partial charge in [-0.05, 0) is 28.9 Å². The molecule has 15 heavy (non-hydrogen) atoms. The number of hydrogen-bond acceptors (Lipinski definition) is 1. The molecule has 0 spiro atoms. The Morgan fingerprint density at radius 3 is 2.33 bits per heavy atom. The van der Waals surface area contributed by atoms with Crippen LogP contribution in [0.4, 0.5) is 0 Å². The van der Waals surface area contributed by atoms with Crippen LogP contribution in [0.2, 0.25) is 0 Å². The van der Waals surface area contributed by atoms with Crippen LogP contribution in [0.1, 0.15) is 58.1 Å². The second kappa shape index (κ2) is 4.26. The molecule has 0 aliphatic carbocycles. The van der Waals surface area contributed by atoms with Crippen LogP contribution in [0.25, 0.3) is 0 Å². The molecule has 1 heteroatoms. The topological polar surface area (TPSA) is 20.2 Å². The van der Waals surface area contributed by atoms with Gasteiger partial charge in [0, 0.05) is 0 Å². The minimum atomic E-state index is 0.0506. The molecule has 0 aliphatic heterocycles. The molecule has 0 amide bonds. The molecule has 1 aromatic rings. The quantitative estimate of drug-likeness (QED) is 0.785. The highest BCUT2D eigenvalue weighted by Crippen LogP contribution is 2.37. The number of hydrogen-bond donors (Lipinski definition) is 1. The van der Waals surface area contributed by atoms with Gasteiger partial charge in [0.15, 0.2) is 0 Å². The Labute approximate surface area is 93.1 Å². The van der Waals surface area contributed by atoms with E-state index in [0.717, 1.165) is 17.5 Å². The number of phenolic OH excluding ortho intramolecular Hbond substituents is 1. The third-order valence-electron chi connectivity index (χ3n) is 3.30. The molecule has 0 saturated heterocycles. The first-order chi connectivity index (χ1) is 6.90. The molecule has 0 atom stereocenters. The summed E-state index contributed by atoms with van der Waals surface area (Å²) in [4.78, 5) is 0. The van der Waals surface area contributed by atoms with Crippen molar-refractivity contribution in [1.29, 1.82) is 0 Å². The molecule has 0 radical (unpaired) electrons. The Bertz CT molecular complexity index is 337. The van der Waals surface area contributed by atoms with E-state index in [1.807, 2.05) is 18.2 Å². The maximum atomic E-state index is 10.2. The van der Waals surface area contributed by atoms with E-state index < -0.39 is 0 Å². The molecule has 0 aromatic heterocycles. The highest BCUT2D eigenvalue weighted by Gasteiger charge is 2.23. The zero-order valence-electron chi connectivity index (χ0n) is 10.5. The number of benzene rings is 1. The SMILES string of the molecule is CCC(C)(C)c1cccc(C(C)C)c1O. The second-order valence-corrected chi connectivity index (χ2v) is 5.14. The van der Waals surface area contributed by atoms with Crippen LogP contribution < -0.4 is 0 Å². The first-order valence-electron chi connectivity index (χ1n) is 5.72. The normalized spacial score (nSPS) is 12.1. The van der Waals surface area contributed by atoms with Crippen molar-refractivity contribution in [2.45, 2.75) is 52.4 Å². The number of aromatic hydroxyl groups is 1. The molecular formula is C14H22O. The smallest absolute Gasteiger partial charge is 0.122 e. The van der Waals surface area contributed by atoms with Crippen molar-refractivity contribution in [3.05, 3.63) is 29.3 Å². The molecule has 1 aromatic carbocycles. The highest BCUT2D eigenvalue weighted by molar-refractivity contribution is 5.45. The zero-order valence-corrected chi connectivity index (χ0v) is 10.5. The van der Waals surface area contributed by atoms with Crippen LogP contribution in [0.3, 0.4) is 0 Å². The van der Waals surface area contributed by atoms with Crippen LogP contribution in [0.15, 0.2) is 18.2 Å². The van der Waals surface area contributed by atoms with Crippen molar-refractivity contribution in [3.8, 4) is 5.75 Å². The van der Waals surface area contributed by atoms with Crippen LogP contribution >= 0.6 is 0 Å². The van der Waals surface area contributed by atoms with Crippen molar-refractivity contribution < 1.29 is 5.11 Å². The summed E-state index contributed by atoms with van der Waals surface area (Å²) in [7, 11) is 0. The predicted octanol–water partition coefficient (Wildman–Crippen LogP) is 4.20. The second-order valence-electron chi connectivity index (χ2n) is 5.14. The first-order valence-corrected chi connectivity index (χ1v) is 5.72. The summed E-state index contributed by atoms with van der Waals surface area (Å²) in [5.74, 6) is 0.858. The lowest BCUT2D eigenvalue weighted by Crippen LogP contribution is -2.16. The standard InChI is InChI=1S/C14H22O/c1-6-14(4,5)12-9-7-8-11(10(2)3)13(12)15/h7-10,15H,6H2,1-5H3. The van der Waals surface area contributed by atoms with Gasteiger partial charge in [0.05, 0.1) is 0 Å². The third-order valence-corrected chi connectivity index (χ3v) is 3.30. The largest absolute Gasteiger partial charge is 0.507 e. The van der Waals surface area contributed by atoms with E-state index in [1.54, 1.807) is 0 Å². The Morgan fingerprint density at radius 1 is 1.27 bits per heavy atom. The first kappa shape index (κ1) is 12.1. The van der Waals surface area contributed by atoms with Gasteiger partial charge >= 0.3 is 0 Å². The average molecular weight is 206 g/mol. The van der Waals surface area contributed by atoms with Gasteiger partial charge in [-0.3, -0.25) is 0 Å². The van der Waals surface area contributed by atoms with Crippen LogP contribution in [-0.4, -0.2) is 5.11 Å². The number of para-hydroxylation sites is 1. The fraction of sp³-hybridized carbons (Fsp3) is 0.571. The average Bonchev–Trinajstić information content (AvgIpc) is 2.17. The van der Waals surface area contributed by atoms with E-state index in [2.05, 4.69) is 34.6 Å². The van der Waals surface area contributed by atoms with Gasteiger partial charge in [0.25, 0.3) is 0 Å². The van der Waals surface area contributed by atoms with Gasteiger partial charge in [0.1, 0.15) is 5.75 Å². The summed E-state index contributed by atoms with van der Waals surface area (Å²) < 4.78 is 0. The highest BCUT2D eigenvalue weighted by atomic mass is 16.3. The molecular weight excluding hydrogens is 184 g/mol. The lowest BCUT2D eigenvalue weighted by molar-refractivity contribution is 0.421. The van der Waals surface area contributed by atoms with Gasteiger partial charge in [0.2, 0.25) is 0 Å². The molecule has 84 valence electrons. The molecule has 0 aliphatic rings. The molecule has 0 heterocycles. The Kier molecular flexibility index (Phi) is 3.43. The summed E-state index contributed by atoms with van der Waals surface area (Å²) in [6, 6.07) is 6.09. The van der Waals surface area contributed by atoms with E-state index in [9.17, 15) is 5.11 Å². The molecule has 1 N–H and O–H groups in total. The summed E-state index contributed by atoms with van der Waals surface area (Å²) in [6.45, 7) is 10.7. The van der Waals surface area contributed by atoms with Crippen molar-refractivity contribution in [2.75, 3.05) is 0 Å². The summed E-state index contributed by atoms with van der Waals surface area (Å²) in [5.41, 5.74) is 2.17. The minimum absolute atomic E-state index is 0.0506. The van der Waals surface area contributed by atoms with Gasteiger partial charge in [-0.2, -0.15) is 0 Å². The van der Waals surface area contributed by atoms with Gasteiger partial charge < -0.3 is 5.11 Å². The molecule has 1 rings (SSSR count). The third kappa shape index (κ3) is 2.34. The zero-order chi connectivity index (χ0) is 11.6. The van der Waals surface area contributed by atoms with E-state index in [4.69, 9.17) is 0 Å². The van der Waals surface area contributed by atoms with E-state index in [-0.39, 0.29) is 5.41 Å². The Hall–Kier alpha value is -0.980. The van der Waals surface area contributed by atoms with E-state index in [1.165, 1.54) is 0 Å². The minimum Gasteiger partial charge on any atom is -0.507 e. The predicted molar refractivity (Wildman–Crippen MR) is 65.5 cm³/mol. The lowest BCUT2D eigenvalue weighted by atomic mass is 9.80.